The largest absolute Gasteiger partial charge is 0.376 e. The second-order valence-electron chi connectivity index (χ2n) is 6.05. The van der Waals surface area contributed by atoms with E-state index in [4.69, 9.17) is 4.74 Å². The van der Waals surface area contributed by atoms with E-state index in [1.165, 1.54) is 0 Å². The molecule has 0 aliphatic heterocycles. The molecule has 0 rings (SSSR count). The normalized spacial score (nSPS) is 16.8. The molecule has 1 unspecified atom stereocenters. The van der Waals surface area contributed by atoms with Crippen LogP contribution in [0, 0.1) is 11.3 Å². The van der Waals surface area contributed by atoms with Crippen LogP contribution in [0.3, 0.4) is 0 Å². The maximum absolute atomic E-state index is 5.79. The zero-order valence-corrected chi connectivity index (χ0v) is 11.6. The van der Waals surface area contributed by atoms with Crippen LogP contribution in [0.1, 0.15) is 48.0 Å². The third-order valence-electron chi connectivity index (χ3n) is 3.18. The van der Waals surface area contributed by atoms with Gasteiger partial charge in [0.1, 0.15) is 0 Å². The van der Waals surface area contributed by atoms with Crippen molar-refractivity contribution in [2.45, 2.75) is 53.6 Å². The third kappa shape index (κ3) is 6.16. The predicted octanol–water partition coefficient (Wildman–Crippen LogP) is 3.07. The Bertz CT molecular complexity index is 172. The van der Waals surface area contributed by atoms with Crippen molar-refractivity contribution >= 4 is 0 Å². The van der Waals surface area contributed by atoms with Crippen molar-refractivity contribution in [3.8, 4) is 0 Å². The molecule has 0 aromatic rings. The lowest BCUT2D eigenvalue weighted by molar-refractivity contribution is -0.0221. The van der Waals surface area contributed by atoms with E-state index in [0.29, 0.717) is 11.3 Å². The van der Waals surface area contributed by atoms with Crippen LogP contribution < -0.4 is 5.32 Å². The minimum Gasteiger partial charge on any atom is -0.376 e. The van der Waals surface area contributed by atoms with Crippen LogP contribution >= 0.6 is 0 Å². The zero-order valence-electron chi connectivity index (χ0n) is 11.6. The molecule has 0 spiro atoms. The lowest BCUT2D eigenvalue weighted by Crippen LogP contribution is -2.36. The van der Waals surface area contributed by atoms with Gasteiger partial charge in [-0.3, -0.25) is 0 Å². The first-order valence-corrected chi connectivity index (χ1v) is 6.00. The van der Waals surface area contributed by atoms with Gasteiger partial charge in [0.25, 0.3) is 0 Å². The Hall–Kier alpha value is -0.0800. The van der Waals surface area contributed by atoms with E-state index in [1.807, 2.05) is 7.05 Å². The van der Waals surface area contributed by atoms with Crippen molar-refractivity contribution in [3.05, 3.63) is 0 Å². The van der Waals surface area contributed by atoms with Gasteiger partial charge in [0.15, 0.2) is 0 Å². The average molecular weight is 215 g/mol. The van der Waals surface area contributed by atoms with Crippen LogP contribution in [0.5, 0.6) is 0 Å². The van der Waals surface area contributed by atoms with Gasteiger partial charge in [-0.2, -0.15) is 0 Å². The molecule has 0 radical (unpaired) electrons. The van der Waals surface area contributed by atoms with E-state index < -0.39 is 0 Å². The maximum Gasteiger partial charge on any atom is 0.0598 e. The fourth-order valence-electron chi connectivity index (χ4n) is 1.58. The van der Waals surface area contributed by atoms with Crippen LogP contribution in [0.4, 0.5) is 0 Å². The molecule has 0 saturated carbocycles. The van der Waals surface area contributed by atoms with Gasteiger partial charge in [0.05, 0.1) is 5.60 Å². The molecule has 92 valence electrons. The fraction of sp³-hybridized carbons (Fsp3) is 1.00. The second kappa shape index (κ2) is 5.86. The molecule has 2 heteroatoms. The van der Waals surface area contributed by atoms with E-state index in [2.05, 4.69) is 46.9 Å². The first-order chi connectivity index (χ1) is 6.71. The van der Waals surface area contributed by atoms with Crippen molar-refractivity contribution in [2.75, 3.05) is 20.2 Å². The first kappa shape index (κ1) is 14.9. The highest BCUT2D eigenvalue weighted by atomic mass is 16.5. The Morgan fingerprint density at radius 3 is 2.00 bits per heavy atom. The lowest BCUT2D eigenvalue weighted by Gasteiger charge is -2.34. The summed E-state index contributed by atoms with van der Waals surface area (Å²) in [6.45, 7) is 15.1. The summed E-state index contributed by atoms with van der Waals surface area (Å²) in [4.78, 5) is 0. The zero-order chi connectivity index (χ0) is 12.1. The summed E-state index contributed by atoms with van der Waals surface area (Å²) < 4.78 is 5.79. The van der Waals surface area contributed by atoms with E-state index in [9.17, 15) is 0 Å². The average Bonchev–Trinajstić information content (AvgIpc) is 2.01. The maximum atomic E-state index is 5.79. The standard InChI is InChI=1S/C13H29NO/c1-11(2)13(6,10-14-7)8-9-15-12(3,4)5/h11,14H,8-10H2,1-7H3. The molecule has 0 amide bonds. The van der Waals surface area contributed by atoms with Gasteiger partial charge in [0, 0.05) is 13.2 Å². The van der Waals surface area contributed by atoms with Crippen LogP contribution in [0.15, 0.2) is 0 Å². The van der Waals surface area contributed by atoms with Gasteiger partial charge in [-0.15, -0.1) is 0 Å². The predicted molar refractivity (Wildman–Crippen MR) is 67.2 cm³/mol. The van der Waals surface area contributed by atoms with Crippen LogP contribution in [0.25, 0.3) is 0 Å². The molecule has 0 saturated heterocycles. The van der Waals surface area contributed by atoms with Gasteiger partial charge in [-0.1, -0.05) is 20.8 Å². The summed E-state index contributed by atoms with van der Waals surface area (Å²) in [7, 11) is 2.02. The second-order valence-corrected chi connectivity index (χ2v) is 6.05. The Morgan fingerprint density at radius 2 is 1.67 bits per heavy atom. The highest BCUT2D eigenvalue weighted by Crippen LogP contribution is 2.30. The summed E-state index contributed by atoms with van der Waals surface area (Å²) in [5.74, 6) is 0.675. The Labute approximate surface area is 95.8 Å². The number of hydrogen-bond donors (Lipinski definition) is 1. The van der Waals surface area contributed by atoms with Crippen molar-refractivity contribution in [1.82, 2.24) is 5.32 Å². The van der Waals surface area contributed by atoms with Crippen molar-refractivity contribution < 1.29 is 4.74 Å². The van der Waals surface area contributed by atoms with Crippen LogP contribution in [0.2, 0.25) is 0 Å². The van der Waals surface area contributed by atoms with Gasteiger partial charge in [-0.25, -0.2) is 0 Å². The summed E-state index contributed by atoms with van der Waals surface area (Å²) in [6.07, 6.45) is 1.11. The minimum atomic E-state index is -0.0163. The van der Waals surface area contributed by atoms with Crippen molar-refractivity contribution in [3.63, 3.8) is 0 Å². The van der Waals surface area contributed by atoms with E-state index >= 15 is 0 Å². The molecule has 1 N–H and O–H groups in total. The summed E-state index contributed by atoms with van der Waals surface area (Å²) in [5.41, 5.74) is 0.317. The highest BCUT2D eigenvalue weighted by Gasteiger charge is 2.27. The minimum absolute atomic E-state index is 0.0163. The topological polar surface area (TPSA) is 21.3 Å². The van der Waals surface area contributed by atoms with Crippen LogP contribution in [-0.2, 0) is 4.74 Å². The molecule has 0 aliphatic rings. The Kier molecular flexibility index (Phi) is 5.82. The van der Waals surface area contributed by atoms with Gasteiger partial charge < -0.3 is 10.1 Å². The molecule has 2 nitrogen and oxygen atoms in total. The van der Waals surface area contributed by atoms with Crippen molar-refractivity contribution in [1.29, 1.82) is 0 Å². The lowest BCUT2D eigenvalue weighted by atomic mass is 9.76. The fourth-order valence-corrected chi connectivity index (χ4v) is 1.58. The van der Waals surface area contributed by atoms with E-state index in [-0.39, 0.29) is 5.60 Å². The third-order valence-corrected chi connectivity index (χ3v) is 3.18. The Morgan fingerprint density at radius 1 is 1.13 bits per heavy atom. The Balaban J connectivity index is 4.08. The molecule has 1 atom stereocenters. The SMILES string of the molecule is CNCC(C)(CCOC(C)(C)C)C(C)C. The first-order valence-electron chi connectivity index (χ1n) is 6.00. The van der Waals surface area contributed by atoms with Crippen molar-refractivity contribution in [2.24, 2.45) is 11.3 Å². The molecule has 0 heterocycles. The van der Waals surface area contributed by atoms with Crippen LogP contribution in [-0.4, -0.2) is 25.8 Å². The molecular weight excluding hydrogens is 186 g/mol. The van der Waals surface area contributed by atoms with Gasteiger partial charge in [0.2, 0.25) is 0 Å². The summed E-state index contributed by atoms with van der Waals surface area (Å²) in [6, 6.07) is 0. The van der Waals surface area contributed by atoms with E-state index in [0.717, 1.165) is 19.6 Å². The number of hydrogen-bond acceptors (Lipinski definition) is 2. The highest BCUT2D eigenvalue weighted by molar-refractivity contribution is 4.79. The molecule has 0 bridgehead atoms. The smallest absolute Gasteiger partial charge is 0.0598 e. The molecule has 15 heavy (non-hydrogen) atoms. The monoisotopic (exact) mass is 215 g/mol. The molecule has 0 aromatic heterocycles. The van der Waals surface area contributed by atoms with E-state index in [1.54, 1.807) is 0 Å². The summed E-state index contributed by atoms with van der Waals surface area (Å²) in [5, 5.41) is 3.28. The number of ether oxygens (including phenoxy) is 1. The van der Waals surface area contributed by atoms with Gasteiger partial charge >= 0.3 is 0 Å². The molecule has 0 aromatic carbocycles. The number of nitrogens with one attached hydrogen (secondary N) is 1. The molecular formula is C13H29NO. The molecule has 0 aliphatic carbocycles. The summed E-state index contributed by atoms with van der Waals surface area (Å²) >= 11 is 0. The number of rotatable bonds is 6. The van der Waals surface area contributed by atoms with Gasteiger partial charge in [-0.05, 0) is 45.6 Å². The molecule has 0 fully saturated rings. The quantitative estimate of drug-likeness (QED) is 0.735.